The van der Waals surface area contributed by atoms with Crippen molar-refractivity contribution in [3.63, 3.8) is 0 Å². The molecule has 5 heteroatoms. The predicted molar refractivity (Wildman–Crippen MR) is 137 cm³/mol. The number of H-pyrrole nitrogens is 1. The molecule has 6 aromatic rings. The maximum Gasteiger partial charge on any atom is 0.133 e. The number of aromatic nitrogens is 4. The standard InChI is InChI=1S/C29H25N5/c1-33-25-14-5-4-13-24(25)32-29(33)28-27-22(21-11-2-3-12-23(21)31-27)15-17-34(28)18-20-9-6-8-19-10-7-16-30-26(19)20/h2-14,16,28,31H,15,17-18H2,1H3. The van der Waals surface area contributed by atoms with Gasteiger partial charge in [-0.1, -0.05) is 54.6 Å². The number of para-hydroxylation sites is 4. The van der Waals surface area contributed by atoms with Crippen LogP contribution in [0.5, 0.6) is 0 Å². The fraction of sp³-hybridized carbons (Fsp3) is 0.172. The molecule has 0 saturated carbocycles. The normalized spacial score (nSPS) is 16.4. The summed E-state index contributed by atoms with van der Waals surface area (Å²) >= 11 is 0. The van der Waals surface area contributed by atoms with E-state index in [9.17, 15) is 0 Å². The van der Waals surface area contributed by atoms with Gasteiger partial charge in [-0.3, -0.25) is 9.88 Å². The van der Waals surface area contributed by atoms with Crippen LogP contribution in [-0.4, -0.2) is 31.0 Å². The lowest BCUT2D eigenvalue weighted by Crippen LogP contribution is -2.37. The maximum absolute atomic E-state index is 5.14. The summed E-state index contributed by atoms with van der Waals surface area (Å²) in [4.78, 5) is 16.2. The molecule has 1 atom stereocenters. The molecule has 0 aliphatic carbocycles. The van der Waals surface area contributed by atoms with Crippen molar-refractivity contribution in [1.82, 2.24) is 24.4 Å². The van der Waals surface area contributed by atoms with Crippen molar-refractivity contribution >= 4 is 32.8 Å². The third-order valence-corrected chi connectivity index (χ3v) is 7.29. The monoisotopic (exact) mass is 443 g/mol. The van der Waals surface area contributed by atoms with Crippen LogP contribution in [-0.2, 0) is 20.0 Å². The first-order valence-electron chi connectivity index (χ1n) is 11.9. The molecule has 1 unspecified atom stereocenters. The summed E-state index contributed by atoms with van der Waals surface area (Å²) in [6.45, 7) is 1.78. The summed E-state index contributed by atoms with van der Waals surface area (Å²) in [5.74, 6) is 1.07. The highest BCUT2D eigenvalue weighted by molar-refractivity contribution is 5.86. The third kappa shape index (κ3) is 2.90. The molecule has 5 nitrogen and oxygen atoms in total. The van der Waals surface area contributed by atoms with Gasteiger partial charge < -0.3 is 9.55 Å². The fourth-order valence-corrected chi connectivity index (χ4v) is 5.68. The van der Waals surface area contributed by atoms with Gasteiger partial charge in [-0.05, 0) is 41.8 Å². The third-order valence-electron chi connectivity index (χ3n) is 7.29. The fourth-order valence-electron chi connectivity index (χ4n) is 5.68. The second kappa shape index (κ2) is 7.54. The van der Waals surface area contributed by atoms with Crippen LogP contribution in [0.2, 0.25) is 0 Å². The lowest BCUT2D eigenvalue weighted by atomic mass is 9.95. The van der Waals surface area contributed by atoms with E-state index in [4.69, 9.17) is 9.97 Å². The van der Waals surface area contributed by atoms with Crippen molar-refractivity contribution < 1.29 is 0 Å². The van der Waals surface area contributed by atoms with Crippen LogP contribution in [0.4, 0.5) is 0 Å². The minimum Gasteiger partial charge on any atom is -0.356 e. The number of hydrogen-bond donors (Lipinski definition) is 1. The molecule has 0 amide bonds. The molecule has 0 spiro atoms. The second-order valence-corrected chi connectivity index (χ2v) is 9.20. The van der Waals surface area contributed by atoms with E-state index in [0.717, 1.165) is 41.9 Å². The highest BCUT2D eigenvalue weighted by atomic mass is 15.2. The van der Waals surface area contributed by atoms with E-state index in [1.54, 1.807) is 0 Å². The minimum absolute atomic E-state index is 0.0347. The van der Waals surface area contributed by atoms with E-state index in [1.807, 2.05) is 12.3 Å². The Labute approximate surface area is 197 Å². The zero-order valence-electron chi connectivity index (χ0n) is 19.1. The van der Waals surface area contributed by atoms with Crippen molar-refractivity contribution in [1.29, 1.82) is 0 Å². The Morgan fingerprint density at radius 1 is 0.941 bits per heavy atom. The van der Waals surface area contributed by atoms with Gasteiger partial charge in [-0.25, -0.2) is 4.98 Å². The van der Waals surface area contributed by atoms with Gasteiger partial charge in [0.25, 0.3) is 0 Å². The van der Waals surface area contributed by atoms with E-state index < -0.39 is 0 Å². The molecule has 34 heavy (non-hydrogen) atoms. The first-order valence-corrected chi connectivity index (χ1v) is 11.9. The molecular formula is C29H25N5. The minimum atomic E-state index is 0.0347. The predicted octanol–water partition coefficient (Wildman–Crippen LogP) is 5.75. The molecule has 0 saturated heterocycles. The van der Waals surface area contributed by atoms with Crippen molar-refractivity contribution in [3.8, 4) is 0 Å². The van der Waals surface area contributed by atoms with Crippen LogP contribution >= 0.6 is 0 Å². The molecule has 166 valence electrons. The topological polar surface area (TPSA) is 49.7 Å². The molecule has 1 aliphatic heterocycles. The lowest BCUT2D eigenvalue weighted by molar-refractivity contribution is 0.193. The first-order chi connectivity index (χ1) is 16.8. The number of nitrogens with one attached hydrogen (secondary N) is 1. The van der Waals surface area contributed by atoms with Gasteiger partial charge in [-0.15, -0.1) is 0 Å². The Morgan fingerprint density at radius 2 is 1.79 bits per heavy atom. The van der Waals surface area contributed by atoms with Gasteiger partial charge in [0.2, 0.25) is 0 Å². The summed E-state index contributed by atoms with van der Waals surface area (Å²) < 4.78 is 2.26. The lowest BCUT2D eigenvalue weighted by Gasteiger charge is -2.35. The van der Waals surface area contributed by atoms with Crippen LogP contribution in [0.25, 0.3) is 32.8 Å². The Morgan fingerprint density at radius 3 is 2.74 bits per heavy atom. The van der Waals surface area contributed by atoms with E-state index in [-0.39, 0.29) is 6.04 Å². The molecule has 3 aromatic carbocycles. The Bertz CT molecular complexity index is 1670. The van der Waals surface area contributed by atoms with Gasteiger partial charge in [0.15, 0.2) is 0 Å². The average Bonchev–Trinajstić information content (AvgIpc) is 3.42. The maximum atomic E-state index is 5.14. The SMILES string of the molecule is Cn1c(C2c3[nH]c4ccccc4c3CCN2Cc2cccc3cccnc23)nc2ccccc21. The van der Waals surface area contributed by atoms with Crippen LogP contribution in [0.3, 0.4) is 0 Å². The number of aromatic amines is 1. The zero-order valence-corrected chi connectivity index (χ0v) is 19.1. The molecule has 4 heterocycles. The summed E-state index contributed by atoms with van der Waals surface area (Å²) in [5, 5.41) is 2.51. The largest absolute Gasteiger partial charge is 0.356 e. The van der Waals surface area contributed by atoms with Crippen molar-refractivity contribution in [3.05, 3.63) is 108 Å². The van der Waals surface area contributed by atoms with Gasteiger partial charge in [-0.2, -0.15) is 0 Å². The van der Waals surface area contributed by atoms with Gasteiger partial charge in [0.05, 0.1) is 16.6 Å². The smallest absolute Gasteiger partial charge is 0.133 e. The molecule has 1 aliphatic rings. The highest BCUT2D eigenvalue weighted by Crippen LogP contribution is 2.39. The quantitative estimate of drug-likeness (QED) is 0.379. The summed E-state index contributed by atoms with van der Waals surface area (Å²) in [5.41, 5.74) is 8.41. The number of hydrogen-bond acceptors (Lipinski definition) is 3. The number of pyridine rings is 1. The van der Waals surface area contributed by atoms with E-state index in [0.29, 0.717) is 0 Å². The number of benzene rings is 3. The van der Waals surface area contributed by atoms with Gasteiger partial charge in [0, 0.05) is 48.3 Å². The van der Waals surface area contributed by atoms with Crippen molar-refractivity contribution in [2.75, 3.05) is 6.54 Å². The average molecular weight is 444 g/mol. The van der Waals surface area contributed by atoms with Gasteiger partial charge in [0.1, 0.15) is 11.9 Å². The number of fused-ring (bicyclic) bond motifs is 5. The van der Waals surface area contributed by atoms with Crippen LogP contribution < -0.4 is 0 Å². The Balaban J connectivity index is 1.42. The summed E-state index contributed by atoms with van der Waals surface area (Å²) in [6, 6.07) is 27.7. The van der Waals surface area contributed by atoms with E-state index in [2.05, 4.69) is 94.3 Å². The van der Waals surface area contributed by atoms with Gasteiger partial charge >= 0.3 is 0 Å². The molecule has 0 radical (unpaired) electrons. The van der Waals surface area contributed by atoms with Crippen LogP contribution in [0.15, 0.2) is 85.1 Å². The summed E-state index contributed by atoms with van der Waals surface area (Å²) in [7, 11) is 2.14. The highest BCUT2D eigenvalue weighted by Gasteiger charge is 2.35. The Hall–Kier alpha value is -3.96. The van der Waals surface area contributed by atoms with Crippen molar-refractivity contribution in [2.45, 2.75) is 19.0 Å². The number of imidazole rings is 1. The molecule has 0 bridgehead atoms. The second-order valence-electron chi connectivity index (χ2n) is 9.20. The zero-order chi connectivity index (χ0) is 22.6. The summed E-state index contributed by atoms with van der Waals surface area (Å²) in [6.07, 6.45) is 2.90. The van der Waals surface area contributed by atoms with Crippen LogP contribution in [0.1, 0.15) is 28.7 Å². The molecular weight excluding hydrogens is 418 g/mol. The Kier molecular flexibility index (Phi) is 4.32. The van der Waals surface area contributed by atoms with Crippen LogP contribution in [0, 0.1) is 0 Å². The first kappa shape index (κ1) is 19.5. The molecule has 3 aromatic heterocycles. The van der Waals surface area contributed by atoms with Crippen molar-refractivity contribution in [2.24, 2.45) is 7.05 Å². The number of aryl methyl sites for hydroxylation is 1. The van der Waals surface area contributed by atoms with E-state index >= 15 is 0 Å². The number of rotatable bonds is 3. The molecule has 0 fully saturated rings. The number of nitrogens with zero attached hydrogens (tertiary/aromatic N) is 4. The molecule has 7 rings (SSSR count). The van der Waals surface area contributed by atoms with E-state index in [1.165, 1.54) is 33.1 Å². The molecule has 1 N–H and O–H groups in total.